The van der Waals surface area contributed by atoms with E-state index < -0.39 is 5.95 Å². The molecule has 0 fully saturated rings. The minimum absolute atomic E-state index is 0.268. The van der Waals surface area contributed by atoms with Gasteiger partial charge in [-0.1, -0.05) is 12.1 Å². The molecule has 4 rings (SSSR count). The average Bonchev–Trinajstić information content (AvgIpc) is 3.37. The first-order valence-electron chi connectivity index (χ1n) is 9.87. The number of pyridine rings is 1. The molecule has 0 aliphatic heterocycles. The van der Waals surface area contributed by atoms with Crippen LogP contribution >= 0.6 is 11.3 Å². The third-order valence-corrected chi connectivity index (χ3v) is 5.30. The third-order valence-electron chi connectivity index (χ3n) is 4.54. The number of hydrogen-bond donors (Lipinski definition) is 2. The molecule has 8 heteroatoms. The number of anilines is 2. The molecule has 0 bridgehead atoms. The summed E-state index contributed by atoms with van der Waals surface area (Å²) >= 11 is 1.37. The van der Waals surface area contributed by atoms with Gasteiger partial charge < -0.3 is 9.88 Å². The van der Waals surface area contributed by atoms with Gasteiger partial charge >= 0.3 is 0 Å². The molecule has 4 aromatic rings. The Kier molecular flexibility index (Phi) is 6.08. The largest absolute Gasteiger partial charge is 0.383 e. The zero-order valence-corrected chi connectivity index (χ0v) is 18.0. The second-order valence-electron chi connectivity index (χ2n) is 7.38. The molecule has 0 aliphatic rings. The molecule has 1 aromatic carbocycles. The number of hydrogen-bond acceptors (Lipinski definition) is 5. The van der Waals surface area contributed by atoms with E-state index in [-0.39, 0.29) is 5.91 Å². The van der Waals surface area contributed by atoms with E-state index in [0.717, 1.165) is 22.5 Å². The van der Waals surface area contributed by atoms with Crippen LogP contribution in [0.1, 0.15) is 29.9 Å². The summed E-state index contributed by atoms with van der Waals surface area (Å²) in [6.45, 7) is 4.54. The number of halogens is 1. The van der Waals surface area contributed by atoms with Crippen LogP contribution in [0.3, 0.4) is 0 Å². The van der Waals surface area contributed by atoms with E-state index in [4.69, 9.17) is 0 Å². The van der Waals surface area contributed by atoms with Crippen LogP contribution in [0.5, 0.6) is 0 Å². The third kappa shape index (κ3) is 5.16. The Balaban J connectivity index is 1.47. The molecule has 3 aromatic heterocycles. The highest BCUT2D eigenvalue weighted by atomic mass is 32.1. The predicted molar refractivity (Wildman–Crippen MR) is 122 cm³/mol. The number of nitrogens with zero attached hydrogens (tertiary/aromatic N) is 3. The van der Waals surface area contributed by atoms with Crippen molar-refractivity contribution in [2.24, 2.45) is 0 Å². The van der Waals surface area contributed by atoms with Crippen molar-refractivity contribution in [3.63, 3.8) is 0 Å². The van der Waals surface area contributed by atoms with Crippen molar-refractivity contribution in [1.82, 2.24) is 14.5 Å². The Morgan fingerprint density at radius 1 is 1.19 bits per heavy atom. The molecule has 0 atom stereocenters. The number of benzene rings is 1. The molecule has 0 saturated heterocycles. The van der Waals surface area contributed by atoms with Crippen LogP contribution in [0.25, 0.3) is 11.3 Å². The van der Waals surface area contributed by atoms with Gasteiger partial charge in [-0.05, 0) is 55.8 Å². The standard InChI is InChI=1S/C23H22FN5OS/c1-15(2)26-18-6-3-5-17(12-18)19-14-31-23(27-19)28-22(30)20-7-4-10-29(20)13-16-8-9-25-21(24)11-16/h3-12,14-15,26H,13H2,1-2H3,(H,27,28,30). The molecule has 0 spiro atoms. The molecule has 0 unspecified atom stereocenters. The van der Waals surface area contributed by atoms with Gasteiger partial charge in [-0.25, -0.2) is 9.97 Å². The molecule has 158 valence electrons. The first kappa shape index (κ1) is 20.7. The van der Waals surface area contributed by atoms with Crippen LogP contribution in [0.15, 0.2) is 66.3 Å². The second kappa shape index (κ2) is 9.09. The molecule has 6 nitrogen and oxygen atoms in total. The molecule has 0 saturated carbocycles. The van der Waals surface area contributed by atoms with Crippen molar-refractivity contribution in [1.29, 1.82) is 0 Å². The van der Waals surface area contributed by atoms with Crippen LogP contribution < -0.4 is 10.6 Å². The maximum atomic E-state index is 13.4. The van der Waals surface area contributed by atoms with Gasteiger partial charge in [0, 0.05) is 41.6 Å². The maximum Gasteiger partial charge on any atom is 0.274 e. The monoisotopic (exact) mass is 435 g/mol. The molecule has 1 amide bonds. The zero-order chi connectivity index (χ0) is 21.8. The lowest BCUT2D eigenvalue weighted by molar-refractivity contribution is 0.101. The van der Waals surface area contributed by atoms with Gasteiger partial charge in [-0.2, -0.15) is 4.39 Å². The first-order valence-corrected chi connectivity index (χ1v) is 10.8. The van der Waals surface area contributed by atoms with E-state index >= 15 is 0 Å². The lowest BCUT2D eigenvalue weighted by atomic mass is 10.1. The van der Waals surface area contributed by atoms with Crippen molar-refractivity contribution >= 4 is 28.1 Å². The highest BCUT2D eigenvalue weighted by Crippen LogP contribution is 2.27. The second-order valence-corrected chi connectivity index (χ2v) is 8.24. The van der Waals surface area contributed by atoms with Gasteiger partial charge in [-0.3, -0.25) is 10.1 Å². The van der Waals surface area contributed by atoms with E-state index in [1.807, 2.05) is 29.6 Å². The smallest absolute Gasteiger partial charge is 0.274 e. The lowest BCUT2D eigenvalue weighted by Crippen LogP contribution is -2.17. The van der Waals surface area contributed by atoms with E-state index in [9.17, 15) is 9.18 Å². The Hall–Kier alpha value is -3.52. The molecular formula is C23H22FN5OS. The quantitative estimate of drug-likeness (QED) is 0.388. The number of amides is 1. The molecular weight excluding hydrogens is 413 g/mol. The van der Waals surface area contributed by atoms with Gasteiger partial charge in [0.1, 0.15) is 5.69 Å². The fraction of sp³-hybridized carbons (Fsp3) is 0.174. The molecule has 31 heavy (non-hydrogen) atoms. The average molecular weight is 436 g/mol. The highest BCUT2D eigenvalue weighted by Gasteiger charge is 2.14. The SMILES string of the molecule is CC(C)Nc1cccc(-c2csc(NC(=O)c3cccn3Cc3ccnc(F)c3)n2)c1. The Morgan fingerprint density at radius 2 is 2.06 bits per heavy atom. The number of rotatable bonds is 7. The summed E-state index contributed by atoms with van der Waals surface area (Å²) in [5.74, 6) is -0.811. The zero-order valence-electron chi connectivity index (χ0n) is 17.2. The number of carbonyl (C=O) groups excluding carboxylic acids is 1. The van der Waals surface area contributed by atoms with E-state index in [0.29, 0.717) is 23.4 Å². The van der Waals surface area contributed by atoms with Gasteiger partial charge in [0.2, 0.25) is 5.95 Å². The summed E-state index contributed by atoms with van der Waals surface area (Å²) < 4.78 is 15.1. The fourth-order valence-electron chi connectivity index (χ4n) is 3.22. The van der Waals surface area contributed by atoms with Crippen LogP contribution in [0, 0.1) is 5.95 Å². The van der Waals surface area contributed by atoms with E-state index in [1.54, 1.807) is 29.0 Å². The van der Waals surface area contributed by atoms with Gasteiger partial charge in [0.15, 0.2) is 5.13 Å². The summed E-state index contributed by atoms with van der Waals surface area (Å²) in [7, 11) is 0. The van der Waals surface area contributed by atoms with E-state index in [1.165, 1.54) is 23.6 Å². The number of carbonyl (C=O) groups is 1. The summed E-state index contributed by atoms with van der Waals surface area (Å²) in [6, 6.07) is 15.0. The van der Waals surface area contributed by atoms with Crippen LogP contribution in [-0.4, -0.2) is 26.5 Å². The number of aromatic nitrogens is 3. The minimum atomic E-state index is -0.543. The normalized spacial score (nSPS) is 11.0. The maximum absolute atomic E-state index is 13.4. The van der Waals surface area contributed by atoms with Gasteiger partial charge in [0.25, 0.3) is 5.91 Å². The van der Waals surface area contributed by atoms with E-state index in [2.05, 4.69) is 34.4 Å². The molecule has 0 radical (unpaired) electrons. The Labute approximate surface area is 183 Å². The van der Waals surface area contributed by atoms with Crippen molar-refractivity contribution < 1.29 is 9.18 Å². The molecule has 2 N–H and O–H groups in total. The van der Waals surface area contributed by atoms with Crippen LogP contribution in [0.4, 0.5) is 15.2 Å². The Bertz CT molecular complexity index is 1200. The van der Waals surface area contributed by atoms with Gasteiger partial charge in [-0.15, -0.1) is 11.3 Å². The fourth-order valence-corrected chi connectivity index (χ4v) is 3.94. The first-order chi connectivity index (χ1) is 15.0. The predicted octanol–water partition coefficient (Wildman–Crippen LogP) is 5.27. The Morgan fingerprint density at radius 3 is 2.87 bits per heavy atom. The molecule has 3 heterocycles. The summed E-state index contributed by atoms with van der Waals surface area (Å²) in [4.78, 5) is 20.9. The number of thiazole rings is 1. The minimum Gasteiger partial charge on any atom is -0.383 e. The lowest BCUT2D eigenvalue weighted by Gasteiger charge is -2.10. The number of nitrogens with one attached hydrogen (secondary N) is 2. The van der Waals surface area contributed by atoms with Crippen molar-refractivity contribution in [3.8, 4) is 11.3 Å². The summed E-state index contributed by atoms with van der Waals surface area (Å²) in [5.41, 5.74) is 4.00. The van der Waals surface area contributed by atoms with Crippen molar-refractivity contribution in [3.05, 3.63) is 83.5 Å². The summed E-state index contributed by atoms with van der Waals surface area (Å²) in [5, 5.41) is 8.68. The van der Waals surface area contributed by atoms with Crippen molar-refractivity contribution in [2.45, 2.75) is 26.4 Å². The summed E-state index contributed by atoms with van der Waals surface area (Å²) in [6.07, 6.45) is 3.20. The van der Waals surface area contributed by atoms with Gasteiger partial charge in [0.05, 0.1) is 5.69 Å². The van der Waals surface area contributed by atoms with Crippen LogP contribution in [-0.2, 0) is 6.54 Å². The topological polar surface area (TPSA) is 71.8 Å². The van der Waals surface area contributed by atoms with Crippen LogP contribution in [0.2, 0.25) is 0 Å². The molecule has 0 aliphatic carbocycles. The highest BCUT2D eigenvalue weighted by molar-refractivity contribution is 7.14. The van der Waals surface area contributed by atoms with Crippen molar-refractivity contribution in [2.75, 3.05) is 10.6 Å².